The molecule has 2 aliphatic heterocycles. The van der Waals surface area contributed by atoms with E-state index in [1.807, 2.05) is 20.8 Å². The molecular weight excluding hydrogens is 540 g/mol. The van der Waals surface area contributed by atoms with Crippen LogP contribution in [-0.4, -0.2) is 62.4 Å². The molecular formula is C31H34N4O7. The summed E-state index contributed by atoms with van der Waals surface area (Å²) in [5.74, 6) is -2.62. The minimum absolute atomic E-state index is 0.0304. The van der Waals surface area contributed by atoms with Gasteiger partial charge in [0.2, 0.25) is 0 Å². The van der Waals surface area contributed by atoms with Crippen LogP contribution >= 0.6 is 0 Å². The molecule has 0 spiro atoms. The number of methoxy groups -OCH3 is 2. The number of hydrogen-bond donors (Lipinski definition) is 1. The minimum atomic E-state index is -0.956. The molecule has 0 aliphatic carbocycles. The molecule has 4 rings (SSSR count). The first kappa shape index (κ1) is 30.1. The highest BCUT2D eigenvalue weighted by Gasteiger charge is 2.43. The molecule has 2 atom stereocenters. The van der Waals surface area contributed by atoms with Crippen molar-refractivity contribution in [2.24, 2.45) is 5.73 Å². The van der Waals surface area contributed by atoms with Gasteiger partial charge in [0, 0.05) is 12.2 Å². The van der Waals surface area contributed by atoms with Crippen LogP contribution in [-0.2, 0) is 28.5 Å². The predicted octanol–water partition coefficient (Wildman–Crippen LogP) is 3.89. The number of ether oxygens (including phenoxy) is 4. The Hall–Kier alpha value is -4.82. The second kappa shape index (κ2) is 12.4. The van der Waals surface area contributed by atoms with E-state index in [4.69, 9.17) is 24.7 Å². The van der Waals surface area contributed by atoms with E-state index in [0.29, 0.717) is 24.4 Å². The third-order valence-electron chi connectivity index (χ3n) is 6.85. The molecule has 0 saturated carbocycles. The summed E-state index contributed by atoms with van der Waals surface area (Å²) in [5, 5.41) is 10.2. The van der Waals surface area contributed by atoms with E-state index in [2.05, 4.69) is 6.07 Å². The highest BCUT2D eigenvalue weighted by Crippen LogP contribution is 2.43. The molecule has 1 fully saturated rings. The van der Waals surface area contributed by atoms with Crippen LogP contribution in [0.4, 0.5) is 10.5 Å². The highest BCUT2D eigenvalue weighted by atomic mass is 16.6. The minimum Gasteiger partial charge on any atom is -0.466 e. The molecule has 2 aliphatic rings. The van der Waals surface area contributed by atoms with Gasteiger partial charge in [0.05, 0.1) is 50.5 Å². The number of nitrogens with two attached hydrogens (primary N) is 1. The number of rotatable bonds is 5. The Morgan fingerprint density at radius 1 is 0.976 bits per heavy atom. The quantitative estimate of drug-likeness (QED) is 0.412. The molecule has 1 amide bonds. The van der Waals surface area contributed by atoms with Crippen molar-refractivity contribution in [2.75, 3.05) is 38.8 Å². The summed E-state index contributed by atoms with van der Waals surface area (Å²) in [6.45, 7) is 6.45. The zero-order valence-corrected chi connectivity index (χ0v) is 24.2. The van der Waals surface area contributed by atoms with Crippen molar-refractivity contribution in [3.05, 3.63) is 88.4 Å². The molecule has 42 heavy (non-hydrogen) atoms. The summed E-state index contributed by atoms with van der Waals surface area (Å²) < 4.78 is 21.6. The number of nitriles is 1. The molecule has 11 heteroatoms. The van der Waals surface area contributed by atoms with Gasteiger partial charge in [-0.3, -0.25) is 4.90 Å². The fraction of sp³-hybridized carbons (Fsp3) is 0.355. The topological polar surface area (TPSA) is 144 Å². The maximum atomic E-state index is 13.3. The number of allylic oxidation sites excluding steroid dienone is 1. The van der Waals surface area contributed by atoms with Crippen molar-refractivity contribution in [3.8, 4) is 6.07 Å². The van der Waals surface area contributed by atoms with Crippen LogP contribution in [0.25, 0.3) is 0 Å². The molecule has 220 valence electrons. The number of amides is 1. The van der Waals surface area contributed by atoms with Crippen LogP contribution in [0.1, 0.15) is 43.9 Å². The molecule has 2 unspecified atom stereocenters. The molecule has 2 heterocycles. The third-order valence-corrected chi connectivity index (χ3v) is 6.85. The van der Waals surface area contributed by atoms with Gasteiger partial charge in [-0.05, 0) is 44.0 Å². The molecule has 0 bridgehead atoms. The van der Waals surface area contributed by atoms with E-state index in [1.54, 1.807) is 59.5 Å². The van der Waals surface area contributed by atoms with Gasteiger partial charge in [-0.25, -0.2) is 14.4 Å². The molecule has 0 radical (unpaired) electrons. The number of carbonyl (C=O) groups excluding carboxylic acids is 3. The molecule has 2 N–H and O–H groups in total. The SMILES string of the molecule is COC(=O)C1=C(C(=O)OC)N(c2ccc(C3CN(C(=O)OC(C)(C)C)CCO3)cc2)C(N)=C(C#N)C1c1ccccc1. The van der Waals surface area contributed by atoms with Crippen LogP contribution < -0.4 is 10.6 Å². The first-order chi connectivity index (χ1) is 20.0. The number of hydrogen-bond acceptors (Lipinski definition) is 10. The standard InChI is InChI=1S/C31H34N4O7/c1-31(2,3)42-30(38)34-15-16-41-23(18-34)19-11-13-21(14-12-19)35-26(29(37)40-5)25(28(36)39-4)24(22(17-32)27(35)33)20-9-7-6-8-10-20/h6-14,23-24H,15-16,18,33H2,1-5H3. The lowest BCUT2D eigenvalue weighted by Crippen LogP contribution is -2.44. The molecule has 1 saturated heterocycles. The van der Waals surface area contributed by atoms with E-state index in [0.717, 1.165) is 5.56 Å². The second-order valence-electron chi connectivity index (χ2n) is 10.7. The summed E-state index contributed by atoms with van der Waals surface area (Å²) in [5.41, 5.74) is 7.54. The van der Waals surface area contributed by atoms with E-state index in [9.17, 15) is 19.6 Å². The Morgan fingerprint density at radius 2 is 1.62 bits per heavy atom. The Balaban J connectivity index is 1.75. The monoisotopic (exact) mass is 574 g/mol. The molecule has 2 aromatic carbocycles. The largest absolute Gasteiger partial charge is 0.466 e. The number of anilines is 1. The third kappa shape index (κ3) is 6.09. The summed E-state index contributed by atoms with van der Waals surface area (Å²) >= 11 is 0. The van der Waals surface area contributed by atoms with Gasteiger partial charge in [0.25, 0.3) is 0 Å². The Bertz CT molecular complexity index is 1450. The summed E-state index contributed by atoms with van der Waals surface area (Å²) in [7, 11) is 2.39. The number of nitrogens with zero attached hydrogens (tertiary/aromatic N) is 3. The summed E-state index contributed by atoms with van der Waals surface area (Å²) in [6.07, 6.45) is -0.841. The van der Waals surface area contributed by atoms with Crippen molar-refractivity contribution in [3.63, 3.8) is 0 Å². The van der Waals surface area contributed by atoms with Gasteiger partial charge in [-0.15, -0.1) is 0 Å². The van der Waals surface area contributed by atoms with Crippen LogP contribution in [0.15, 0.2) is 77.3 Å². The number of esters is 2. The van der Waals surface area contributed by atoms with Gasteiger partial charge < -0.3 is 29.6 Å². The Morgan fingerprint density at radius 3 is 2.19 bits per heavy atom. The van der Waals surface area contributed by atoms with Crippen LogP contribution in [0.2, 0.25) is 0 Å². The smallest absolute Gasteiger partial charge is 0.410 e. The second-order valence-corrected chi connectivity index (χ2v) is 10.7. The highest BCUT2D eigenvalue weighted by molar-refractivity contribution is 6.06. The number of benzene rings is 2. The lowest BCUT2D eigenvalue weighted by Gasteiger charge is -2.36. The zero-order valence-electron chi connectivity index (χ0n) is 24.2. The van der Waals surface area contributed by atoms with Gasteiger partial charge >= 0.3 is 18.0 Å². The summed E-state index contributed by atoms with van der Waals surface area (Å²) in [6, 6.07) is 17.8. The lowest BCUT2D eigenvalue weighted by molar-refractivity contribution is -0.139. The Kier molecular flexibility index (Phi) is 8.87. The maximum absolute atomic E-state index is 13.3. The fourth-order valence-electron chi connectivity index (χ4n) is 4.96. The van der Waals surface area contributed by atoms with E-state index < -0.39 is 35.7 Å². The van der Waals surface area contributed by atoms with E-state index >= 15 is 0 Å². The summed E-state index contributed by atoms with van der Waals surface area (Å²) in [4.78, 5) is 42.0. The van der Waals surface area contributed by atoms with Crippen molar-refractivity contribution in [2.45, 2.75) is 38.4 Å². The van der Waals surface area contributed by atoms with Gasteiger partial charge in [-0.2, -0.15) is 5.26 Å². The van der Waals surface area contributed by atoms with Crippen molar-refractivity contribution in [1.29, 1.82) is 5.26 Å². The van der Waals surface area contributed by atoms with E-state index in [1.165, 1.54) is 19.1 Å². The predicted molar refractivity (Wildman–Crippen MR) is 152 cm³/mol. The fourth-order valence-corrected chi connectivity index (χ4v) is 4.96. The Labute approximate surface area is 244 Å². The number of morpholine rings is 1. The molecule has 0 aromatic heterocycles. The maximum Gasteiger partial charge on any atom is 0.410 e. The van der Waals surface area contributed by atoms with Crippen molar-refractivity contribution >= 4 is 23.7 Å². The average Bonchev–Trinajstić information content (AvgIpc) is 2.99. The van der Waals surface area contributed by atoms with Crippen LogP contribution in [0, 0.1) is 11.3 Å². The van der Waals surface area contributed by atoms with Crippen LogP contribution in [0.3, 0.4) is 0 Å². The first-order valence-corrected chi connectivity index (χ1v) is 13.4. The molecule has 2 aromatic rings. The van der Waals surface area contributed by atoms with Crippen molar-refractivity contribution in [1.82, 2.24) is 4.90 Å². The lowest BCUT2D eigenvalue weighted by atomic mass is 9.81. The normalized spacial score (nSPS) is 19.2. The van der Waals surface area contributed by atoms with Crippen LogP contribution in [0.5, 0.6) is 0 Å². The van der Waals surface area contributed by atoms with Gasteiger partial charge in [0.1, 0.15) is 23.2 Å². The zero-order chi connectivity index (χ0) is 30.6. The first-order valence-electron chi connectivity index (χ1n) is 13.4. The van der Waals surface area contributed by atoms with Gasteiger partial charge in [0.15, 0.2) is 0 Å². The van der Waals surface area contributed by atoms with Gasteiger partial charge in [-0.1, -0.05) is 42.5 Å². The molecule has 11 nitrogen and oxygen atoms in total. The average molecular weight is 575 g/mol. The van der Waals surface area contributed by atoms with E-state index in [-0.39, 0.29) is 29.2 Å². The van der Waals surface area contributed by atoms with Crippen molar-refractivity contribution < 1.29 is 33.3 Å². The number of carbonyl (C=O) groups is 3.